The Bertz CT molecular complexity index is 811. The predicted molar refractivity (Wildman–Crippen MR) is 90.8 cm³/mol. The molecule has 6 nitrogen and oxygen atoms in total. The van der Waals surface area contributed by atoms with Crippen LogP contribution in [0.15, 0.2) is 46.0 Å². The number of aliphatic carboxylic acids is 1. The molecule has 0 saturated heterocycles. The van der Waals surface area contributed by atoms with E-state index in [-0.39, 0.29) is 29.3 Å². The number of rotatable bonds is 8. The summed E-state index contributed by atoms with van der Waals surface area (Å²) >= 11 is 1.12. The molecular formula is C16H17NO5S2. The van der Waals surface area contributed by atoms with Crippen molar-refractivity contribution in [1.29, 1.82) is 0 Å². The van der Waals surface area contributed by atoms with Gasteiger partial charge in [-0.25, -0.2) is 8.42 Å². The van der Waals surface area contributed by atoms with Crippen LogP contribution in [-0.2, 0) is 21.1 Å². The van der Waals surface area contributed by atoms with Crippen molar-refractivity contribution in [1.82, 2.24) is 0 Å². The number of carboxylic acid groups (broad SMARTS) is 1. The molecule has 0 fully saturated rings. The number of sulfone groups is 1. The second-order valence-corrected chi connectivity index (χ2v) is 8.57. The van der Waals surface area contributed by atoms with E-state index in [1.54, 1.807) is 35.7 Å². The molecule has 0 aliphatic rings. The third-order valence-electron chi connectivity index (χ3n) is 3.45. The van der Waals surface area contributed by atoms with E-state index in [0.717, 1.165) is 11.3 Å². The van der Waals surface area contributed by atoms with Crippen LogP contribution in [0.4, 0.5) is 0 Å². The number of thiophene rings is 1. The molecule has 0 bridgehead atoms. The maximum atomic E-state index is 12.3. The van der Waals surface area contributed by atoms with Gasteiger partial charge in [0.25, 0.3) is 0 Å². The fourth-order valence-corrected chi connectivity index (χ4v) is 4.61. The van der Waals surface area contributed by atoms with Crippen molar-refractivity contribution in [3.8, 4) is 0 Å². The van der Waals surface area contributed by atoms with E-state index in [9.17, 15) is 18.0 Å². The molecule has 1 unspecified atom stereocenters. The van der Waals surface area contributed by atoms with E-state index in [1.165, 1.54) is 6.07 Å². The minimum Gasteiger partial charge on any atom is -0.481 e. The molecule has 0 radical (unpaired) electrons. The molecule has 128 valence electrons. The third-order valence-corrected chi connectivity index (χ3v) is 6.76. The quantitative estimate of drug-likeness (QED) is 0.691. The smallest absolute Gasteiger partial charge is 0.303 e. The van der Waals surface area contributed by atoms with Crippen molar-refractivity contribution in [2.24, 2.45) is 5.73 Å². The molecule has 0 aliphatic heterocycles. The number of ketones is 1. The molecule has 2 rings (SSSR count). The number of carbonyl (C=O) groups is 2. The van der Waals surface area contributed by atoms with Gasteiger partial charge in [0.1, 0.15) is 9.58 Å². The van der Waals surface area contributed by atoms with Gasteiger partial charge in [-0.15, -0.1) is 11.3 Å². The van der Waals surface area contributed by atoms with Gasteiger partial charge in [-0.3, -0.25) is 9.59 Å². The maximum absolute atomic E-state index is 12.3. The van der Waals surface area contributed by atoms with E-state index in [0.29, 0.717) is 11.1 Å². The summed E-state index contributed by atoms with van der Waals surface area (Å²) in [7, 11) is -3.57. The third kappa shape index (κ3) is 4.50. The van der Waals surface area contributed by atoms with Gasteiger partial charge in [0.15, 0.2) is 5.78 Å². The maximum Gasteiger partial charge on any atom is 0.303 e. The summed E-state index contributed by atoms with van der Waals surface area (Å²) in [6, 6.07) is 9.56. The SMILES string of the molecule is NC(Cc1ccc(C(=O)CCC(=O)O)cc1)S(=O)(=O)c1cccs1. The van der Waals surface area contributed by atoms with Gasteiger partial charge in [-0.05, 0) is 17.0 Å². The van der Waals surface area contributed by atoms with Gasteiger partial charge < -0.3 is 10.8 Å². The van der Waals surface area contributed by atoms with E-state index in [1.807, 2.05) is 0 Å². The number of hydrogen-bond acceptors (Lipinski definition) is 6. The Kier molecular flexibility index (Phi) is 5.87. The fraction of sp³-hybridized carbons (Fsp3) is 0.250. The number of Topliss-reactive ketones (excluding diaryl/α,β-unsaturated/α-hetero) is 1. The summed E-state index contributed by atoms with van der Waals surface area (Å²) in [6.45, 7) is 0. The summed E-state index contributed by atoms with van der Waals surface area (Å²) in [5.74, 6) is -1.29. The number of nitrogens with two attached hydrogens (primary N) is 1. The lowest BCUT2D eigenvalue weighted by molar-refractivity contribution is -0.136. The van der Waals surface area contributed by atoms with Crippen LogP contribution in [0.5, 0.6) is 0 Å². The van der Waals surface area contributed by atoms with Crippen LogP contribution >= 0.6 is 11.3 Å². The van der Waals surface area contributed by atoms with E-state index < -0.39 is 21.2 Å². The second kappa shape index (κ2) is 7.69. The molecule has 1 heterocycles. The van der Waals surface area contributed by atoms with Crippen LogP contribution < -0.4 is 5.73 Å². The largest absolute Gasteiger partial charge is 0.481 e. The molecule has 0 saturated carbocycles. The molecule has 8 heteroatoms. The zero-order valence-corrected chi connectivity index (χ0v) is 14.3. The summed E-state index contributed by atoms with van der Waals surface area (Å²) in [4.78, 5) is 22.3. The predicted octanol–water partition coefficient (Wildman–Crippen LogP) is 2.10. The van der Waals surface area contributed by atoms with Crippen molar-refractivity contribution < 1.29 is 23.1 Å². The Morgan fingerprint density at radius 1 is 1.12 bits per heavy atom. The van der Waals surface area contributed by atoms with Gasteiger partial charge in [0.05, 0.1) is 6.42 Å². The minimum atomic E-state index is -3.57. The summed E-state index contributed by atoms with van der Waals surface area (Å²) in [5.41, 5.74) is 6.93. The molecule has 0 spiro atoms. The van der Waals surface area contributed by atoms with Gasteiger partial charge >= 0.3 is 5.97 Å². The Morgan fingerprint density at radius 3 is 2.33 bits per heavy atom. The zero-order chi connectivity index (χ0) is 17.7. The average Bonchev–Trinajstić information content (AvgIpc) is 3.08. The van der Waals surface area contributed by atoms with Crippen LogP contribution in [0.25, 0.3) is 0 Å². The van der Waals surface area contributed by atoms with Crippen molar-refractivity contribution in [2.45, 2.75) is 28.8 Å². The molecule has 3 N–H and O–H groups in total. The average molecular weight is 367 g/mol. The Hall–Kier alpha value is -2.03. The van der Waals surface area contributed by atoms with E-state index in [4.69, 9.17) is 10.8 Å². The molecule has 24 heavy (non-hydrogen) atoms. The van der Waals surface area contributed by atoms with Gasteiger partial charge in [0, 0.05) is 18.4 Å². The molecule has 1 aromatic heterocycles. The molecule has 1 atom stereocenters. The topological polar surface area (TPSA) is 115 Å². The van der Waals surface area contributed by atoms with Gasteiger partial charge in [-0.1, -0.05) is 30.3 Å². The number of benzene rings is 1. The normalized spacial score (nSPS) is 12.7. The molecule has 0 amide bonds. The van der Waals surface area contributed by atoms with Crippen LogP contribution in [0, 0.1) is 0 Å². The fourth-order valence-electron chi connectivity index (χ4n) is 2.11. The first-order chi connectivity index (χ1) is 11.3. The molecule has 0 aliphatic carbocycles. The number of hydrogen-bond donors (Lipinski definition) is 2. The van der Waals surface area contributed by atoms with Crippen LogP contribution in [-0.4, -0.2) is 30.7 Å². The second-order valence-electron chi connectivity index (χ2n) is 5.23. The highest BCUT2D eigenvalue weighted by Gasteiger charge is 2.25. The lowest BCUT2D eigenvalue weighted by atomic mass is 10.0. The standard InChI is InChI=1S/C16H17NO5S2/c17-14(24(21,22)16-2-1-9-23-16)10-11-3-5-12(6-4-11)13(18)7-8-15(19)20/h1-6,9,14H,7-8,10,17H2,(H,19,20). The summed E-state index contributed by atoms with van der Waals surface area (Å²) < 4.78 is 24.8. The first-order valence-corrected chi connectivity index (χ1v) is 9.60. The van der Waals surface area contributed by atoms with Crippen LogP contribution in [0.1, 0.15) is 28.8 Å². The van der Waals surface area contributed by atoms with Crippen LogP contribution in [0.3, 0.4) is 0 Å². The highest BCUT2D eigenvalue weighted by molar-refractivity contribution is 7.94. The minimum absolute atomic E-state index is 0.0685. The zero-order valence-electron chi connectivity index (χ0n) is 12.7. The number of carboxylic acids is 1. The first-order valence-electron chi connectivity index (χ1n) is 7.17. The van der Waals surface area contributed by atoms with Gasteiger partial charge in [0.2, 0.25) is 9.84 Å². The highest BCUT2D eigenvalue weighted by atomic mass is 32.2. The van der Waals surface area contributed by atoms with E-state index >= 15 is 0 Å². The van der Waals surface area contributed by atoms with Crippen molar-refractivity contribution in [3.63, 3.8) is 0 Å². The first kappa shape index (κ1) is 18.3. The van der Waals surface area contributed by atoms with Crippen LogP contribution in [0.2, 0.25) is 0 Å². The van der Waals surface area contributed by atoms with Crippen molar-refractivity contribution in [3.05, 3.63) is 52.9 Å². The molecular weight excluding hydrogens is 350 g/mol. The lowest BCUT2D eigenvalue weighted by Gasteiger charge is -2.12. The highest BCUT2D eigenvalue weighted by Crippen LogP contribution is 2.21. The van der Waals surface area contributed by atoms with Crippen molar-refractivity contribution in [2.75, 3.05) is 0 Å². The monoisotopic (exact) mass is 367 g/mol. The Morgan fingerprint density at radius 2 is 1.79 bits per heavy atom. The molecule has 2 aromatic rings. The van der Waals surface area contributed by atoms with Crippen molar-refractivity contribution >= 4 is 32.9 Å². The lowest BCUT2D eigenvalue weighted by Crippen LogP contribution is -2.32. The number of carbonyl (C=O) groups excluding carboxylic acids is 1. The summed E-state index contributed by atoms with van der Waals surface area (Å²) in [5, 5.41) is 9.20. The molecule has 1 aromatic carbocycles. The Labute approximate surface area is 143 Å². The summed E-state index contributed by atoms with van der Waals surface area (Å²) in [6.07, 6.45) is -0.157. The van der Waals surface area contributed by atoms with E-state index in [2.05, 4.69) is 0 Å². The Balaban J connectivity index is 2.04. The van der Waals surface area contributed by atoms with Gasteiger partial charge in [-0.2, -0.15) is 0 Å².